The summed E-state index contributed by atoms with van der Waals surface area (Å²) >= 11 is 31.9. The zero-order chi connectivity index (χ0) is 16.4. The van der Waals surface area contributed by atoms with Crippen molar-refractivity contribution < 1.29 is 5.11 Å². The van der Waals surface area contributed by atoms with E-state index in [1.54, 1.807) is 0 Å². The smallest absolute Gasteiger partial charge is 0.202 e. The van der Waals surface area contributed by atoms with Crippen molar-refractivity contribution in [3.05, 3.63) is 0 Å². The molecule has 122 valence electrons. The summed E-state index contributed by atoms with van der Waals surface area (Å²) < 4.78 is -3.78. The molecule has 0 rings (SSSR count). The maximum atomic E-state index is 10.3. The zero-order valence-electron chi connectivity index (χ0n) is 10.3. The van der Waals surface area contributed by atoms with Crippen molar-refractivity contribution in [2.45, 2.75) is 50.6 Å². The van der Waals surface area contributed by atoms with Crippen molar-refractivity contribution in [2.75, 3.05) is 0 Å². The van der Waals surface area contributed by atoms with Crippen LogP contribution in [0.3, 0.4) is 0 Å². The molecule has 0 bridgehead atoms. The molecule has 1 nitrogen and oxygen atoms in total. The normalized spacial score (nSPS) is 16.4. The van der Waals surface area contributed by atoms with Gasteiger partial charge in [0.1, 0.15) is 6.47 Å². The van der Waals surface area contributed by atoms with Crippen molar-refractivity contribution in [3.8, 4) is 0 Å². The number of rotatable bonds is 8. The molecule has 0 saturated carbocycles. The van der Waals surface area contributed by atoms with Crippen molar-refractivity contribution >= 4 is 143 Å². The first-order chi connectivity index (χ1) is 8.73. The predicted octanol–water partition coefficient (Wildman–Crippen LogP) is 8.22. The third-order valence-corrected chi connectivity index (χ3v) is 19.7. The summed E-state index contributed by atoms with van der Waals surface area (Å²) in [6, 6.07) is 0. The first-order valence-electron chi connectivity index (χ1n) is 5.61. The summed E-state index contributed by atoms with van der Waals surface area (Å²) in [6.45, 7) is 2.18. The van der Waals surface area contributed by atoms with Gasteiger partial charge >= 0.3 is 0 Å². The summed E-state index contributed by atoms with van der Waals surface area (Å²) in [5.74, 6) is 0. The molecular weight excluding hydrogens is 855 g/mol. The van der Waals surface area contributed by atoms with Gasteiger partial charge in [0.2, 0.25) is 3.42 Å². The van der Waals surface area contributed by atoms with Crippen LogP contribution in [0, 0.1) is 0 Å². The molecule has 0 fully saturated rings. The van der Waals surface area contributed by atoms with Gasteiger partial charge in [0.25, 0.3) is 0 Å². The Labute approximate surface area is 196 Å². The number of halogens is 9. The molecule has 0 spiro atoms. The largest absolute Gasteiger partial charge is 0.368 e. The Morgan fingerprint density at radius 1 is 0.850 bits per heavy atom. The van der Waals surface area contributed by atoms with Crippen LogP contribution in [-0.4, -0.2) is 23.1 Å². The second-order valence-corrected chi connectivity index (χ2v) is 19.2. The number of hydrogen-bond donors (Lipinski definition) is 1. The first-order valence-corrected chi connectivity index (χ1v) is 12.9. The van der Waals surface area contributed by atoms with Crippen LogP contribution in [0.4, 0.5) is 0 Å². The molecule has 0 aromatic heterocycles. The molecule has 1 unspecified atom stereocenters. The van der Waals surface area contributed by atoms with Gasteiger partial charge in [-0.1, -0.05) is 138 Å². The molecule has 1 atom stereocenters. The number of aliphatic hydroxyl groups is 1. The molecule has 0 amide bonds. The minimum Gasteiger partial charge on any atom is -0.368 e. The van der Waals surface area contributed by atoms with Gasteiger partial charge in [0.15, 0.2) is 3.23 Å². The number of hydrogen-bond acceptors (Lipinski definition) is 1. The van der Waals surface area contributed by atoms with Crippen LogP contribution in [-0.2, 0) is 0 Å². The second-order valence-electron chi connectivity index (χ2n) is 4.28. The molecule has 20 heavy (non-hydrogen) atoms. The van der Waals surface area contributed by atoms with E-state index in [-0.39, 0.29) is 4.83 Å². The van der Waals surface area contributed by atoms with Crippen LogP contribution in [0.2, 0.25) is 0 Å². The van der Waals surface area contributed by atoms with Crippen molar-refractivity contribution in [3.63, 3.8) is 0 Å². The van der Waals surface area contributed by atoms with Gasteiger partial charge in [0, 0.05) is 4.83 Å². The molecule has 0 aliphatic heterocycles. The fourth-order valence-electron chi connectivity index (χ4n) is 1.35. The molecule has 1 N–H and O–H groups in total. The van der Waals surface area contributed by atoms with Crippen LogP contribution in [0.15, 0.2) is 0 Å². The van der Waals surface area contributed by atoms with Crippen LogP contribution in [0.1, 0.15) is 32.6 Å². The van der Waals surface area contributed by atoms with E-state index in [0.29, 0.717) is 0 Å². The summed E-state index contributed by atoms with van der Waals surface area (Å²) in [5.41, 5.74) is 0. The lowest BCUT2D eigenvalue weighted by atomic mass is 10.1. The average Bonchev–Trinajstić information content (AvgIpc) is 2.27. The van der Waals surface area contributed by atoms with Crippen LogP contribution in [0.25, 0.3) is 0 Å². The molecule has 0 aromatic rings. The van der Waals surface area contributed by atoms with E-state index in [1.807, 2.05) is 0 Å². The topological polar surface area (TPSA) is 20.2 Å². The third kappa shape index (κ3) is 5.64. The lowest BCUT2D eigenvalue weighted by molar-refractivity contribution is 0.229. The molecule has 0 aromatic carbocycles. The number of unbranched alkanes of at least 4 members (excludes halogenated alkanes) is 2. The molecule has 0 radical (unpaired) electrons. The van der Waals surface area contributed by atoms with E-state index >= 15 is 0 Å². The molecular formula is C10H13Br9O. The van der Waals surface area contributed by atoms with E-state index in [4.69, 9.17) is 0 Å². The van der Waals surface area contributed by atoms with Gasteiger partial charge in [-0.2, -0.15) is 0 Å². The second kappa shape index (κ2) is 9.28. The number of alkyl halides is 9. The van der Waals surface area contributed by atoms with Crippen molar-refractivity contribution in [1.82, 2.24) is 0 Å². The average molecular weight is 868 g/mol. The maximum absolute atomic E-state index is 10.3. The minimum absolute atomic E-state index is 0.108. The van der Waals surface area contributed by atoms with E-state index in [0.717, 1.165) is 12.8 Å². The highest BCUT2D eigenvalue weighted by atomic mass is 79.9. The lowest BCUT2D eigenvalue weighted by Gasteiger charge is -2.48. The van der Waals surface area contributed by atoms with E-state index in [1.165, 1.54) is 12.8 Å². The van der Waals surface area contributed by atoms with Crippen LogP contribution < -0.4 is 0 Å². The Bertz CT molecular complexity index is 310. The van der Waals surface area contributed by atoms with E-state index in [2.05, 4.69) is 150 Å². The van der Waals surface area contributed by atoms with E-state index < -0.39 is 13.1 Å². The molecule has 0 saturated heterocycles. The maximum Gasteiger partial charge on any atom is 0.202 e. The monoisotopic (exact) mass is 859 g/mol. The highest BCUT2D eigenvalue weighted by Gasteiger charge is 2.66. The SMILES string of the molecule is CCCCCC(Br)C(Br)(Br)C(Br)(Br)C(Br)(Br)C(O)(Br)Br. The Morgan fingerprint density at radius 3 is 1.65 bits per heavy atom. The quantitative estimate of drug-likeness (QED) is 0.193. The Hall–Kier alpha value is 4.28. The first kappa shape index (κ1) is 24.3. The summed E-state index contributed by atoms with van der Waals surface area (Å²) in [7, 11) is 0. The third-order valence-electron chi connectivity index (χ3n) is 2.65. The minimum atomic E-state index is -1.40. The van der Waals surface area contributed by atoms with Crippen LogP contribution in [0.5, 0.6) is 0 Å². The van der Waals surface area contributed by atoms with Gasteiger partial charge in [-0.05, 0) is 38.3 Å². The van der Waals surface area contributed by atoms with Gasteiger partial charge in [0.05, 0.1) is 0 Å². The summed E-state index contributed by atoms with van der Waals surface area (Å²) in [5, 5.41) is 10.3. The Morgan fingerprint density at radius 2 is 1.30 bits per heavy atom. The highest BCUT2D eigenvalue weighted by molar-refractivity contribution is 9.34. The molecule has 10 heteroatoms. The van der Waals surface area contributed by atoms with Crippen molar-refractivity contribution in [2.24, 2.45) is 0 Å². The van der Waals surface area contributed by atoms with E-state index in [9.17, 15) is 5.11 Å². The van der Waals surface area contributed by atoms with Crippen LogP contribution >= 0.6 is 143 Å². The summed E-state index contributed by atoms with van der Waals surface area (Å²) in [4.78, 5) is 0.108. The highest BCUT2D eigenvalue weighted by Crippen LogP contribution is 2.67. The van der Waals surface area contributed by atoms with Gasteiger partial charge in [-0.25, -0.2) is 0 Å². The zero-order valence-corrected chi connectivity index (χ0v) is 24.5. The van der Waals surface area contributed by atoms with Crippen molar-refractivity contribution in [1.29, 1.82) is 0 Å². The standard InChI is InChI=1S/C10H13Br9O/c1-2-3-4-5-6(11)7(12,13)8(14,15)9(16,17)10(18,19)20/h6,20H,2-5H2,1H3. The lowest BCUT2D eigenvalue weighted by Crippen LogP contribution is -2.58. The Balaban J connectivity index is 5.25. The van der Waals surface area contributed by atoms with Gasteiger partial charge in [-0.3, -0.25) is 0 Å². The summed E-state index contributed by atoms with van der Waals surface area (Å²) in [6.07, 6.45) is 4.45. The molecule has 0 heterocycles. The molecule has 0 aliphatic carbocycles. The predicted molar refractivity (Wildman–Crippen MR) is 121 cm³/mol. The fourth-order valence-corrected chi connectivity index (χ4v) is 8.16. The van der Waals surface area contributed by atoms with Gasteiger partial charge < -0.3 is 5.11 Å². The van der Waals surface area contributed by atoms with Gasteiger partial charge in [-0.15, -0.1) is 0 Å². The fraction of sp³-hybridized carbons (Fsp3) is 1.00. The molecule has 0 aliphatic rings. The Kier molecular flexibility index (Phi) is 11.3.